The maximum absolute atomic E-state index is 13.0. The number of nitrogens with two attached hydrogens (primary N) is 1. The molecule has 0 amide bonds. The molecule has 0 spiro atoms. The molecule has 2 unspecified atom stereocenters. The highest BCUT2D eigenvalue weighted by atomic mass is 19.1. The zero-order chi connectivity index (χ0) is 8.10. The average Bonchev–Trinajstić information content (AvgIpc) is 2.07. The number of ether oxygens (including phenoxy) is 1. The molecule has 1 aliphatic heterocycles. The lowest BCUT2D eigenvalue weighted by Crippen LogP contribution is -2.30. The fourth-order valence-corrected chi connectivity index (χ4v) is 1.28. The quantitative estimate of drug-likeness (QED) is 0.621. The number of halogens is 1. The molecule has 11 heavy (non-hydrogen) atoms. The second kappa shape index (κ2) is 4.64. The maximum atomic E-state index is 13.0. The van der Waals surface area contributed by atoms with Crippen molar-refractivity contribution in [2.45, 2.75) is 19.0 Å². The summed E-state index contributed by atoms with van der Waals surface area (Å²) < 4.78 is 18.1. The molecule has 1 fully saturated rings. The van der Waals surface area contributed by atoms with Crippen molar-refractivity contribution in [3.63, 3.8) is 0 Å². The smallest absolute Gasteiger partial charge is 0.130 e. The van der Waals surface area contributed by atoms with Crippen molar-refractivity contribution in [2.75, 3.05) is 19.8 Å². The van der Waals surface area contributed by atoms with E-state index < -0.39 is 6.17 Å². The minimum absolute atomic E-state index is 0.0198. The molecular weight excluding hydrogens is 149 g/mol. The van der Waals surface area contributed by atoms with Gasteiger partial charge in [-0.25, -0.2) is 10.3 Å². The molecule has 0 aromatic carbocycles. The minimum Gasteiger partial charge on any atom is -0.381 e. The molecule has 1 saturated heterocycles. The maximum Gasteiger partial charge on any atom is 0.130 e. The molecular formula is C7H14FNO2. The van der Waals surface area contributed by atoms with Gasteiger partial charge in [0.2, 0.25) is 0 Å². The Morgan fingerprint density at radius 1 is 1.73 bits per heavy atom. The Bertz CT molecular complexity index is 107. The highest BCUT2D eigenvalue weighted by Crippen LogP contribution is 2.19. The van der Waals surface area contributed by atoms with Crippen LogP contribution >= 0.6 is 0 Å². The van der Waals surface area contributed by atoms with E-state index in [1.807, 2.05) is 0 Å². The highest BCUT2D eigenvalue weighted by Gasteiger charge is 2.23. The van der Waals surface area contributed by atoms with Crippen LogP contribution in [0.3, 0.4) is 0 Å². The molecule has 0 radical (unpaired) electrons. The van der Waals surface area contributed by atoms with Crippen molar-refractivity contribution in [3.8, 4) is 0 Å². The Kier molecular flexibility index (Phi) is 3.76. The molecule has 1 rings (SSSR count). The van der Waals surface area contributed by atoms with Gasteiger partial charge in [-0.3, -0.25) is 0 Å². The fourth-order valence-electron chi connectivity index (χ4n) is 1.28. The van der Waals surface area contributed by atoms with Gasteiger partial charge in [0.25, 0.3) is 0 Å². The third-order valence-corrected chi connectivity index (χ3v) is 1.96. The lowest BCUT2D eigenvalue weighted by Gasteiger charge is -2.24. The van der Waals surface area contributed by atoms with Crippen molar-refractivity contribution in [2.24, 2.45) is 11.8 Å². The first-order chi connectivity index (χ1) is 5.34. The zero-order valence-corrected chi connectivity index (χ0v) is 6.46. The van der Waals surface area contributed by atoms with Crippen molar-refractivity contribution in [1.29, 1.82) is 0 Å². The van der Waals surface area contributed by atoms with Crippen LogP contribution in [0.1, 0.15) is 12.8 Å². The summed E-state index contributed by atoms with van der Waals surface area (Å²) >= 11 is 0. The van der Waals surface area contributed by atoms with Crippen molar-refractivity contribution >= 4 is 0 Å². The number of rotatable bonds is 3. The van der Waals surface area contributed by atoms with Crippen LogP contribution in [-0.2, 0) is 9.57 Å². The minimum atomic E-state index is -0.972. The topological polar surface area (TPSA) is 44.5 Å². The van der Waals surface area contributed by atoms with Gasteiger partial charge in [-0.15, -0.1) is 0 Å². The standard InChI is InChI=1S/C7H14FNO2/c8-7(5-11-9)6-2-1-3-10-4-6/h6-7H,1-5,9H2. The van der Waals surface area contributed by atoms with Gasteiger partial charge < -0.3 is 9.57 Å². The number of alkyl halides is 1. The Labute approximate surface area is 65.6 Å². The van der Waals surface area contributed by atoms with Gasteiger partial charge >= 0.3 is 0 Å². The largest absolute Gasteiger partial charge is 0.381 e. The van der Waals surface area contributed by atoms with Crippen LogP contribution in [0.4, 0.5) is 4.39 Å². The van der Waals surface area contributed by atoms with Crippen molar-refractivity contribution in [3.05, 3.63) is 0 Å². The molecule has 1 heterocycles. The summed E-state index contributed by atoms with van der Waals surface area (Å²) in [6, 6.07) is 0. The van der Waals surface area contributed by atoms with E-state index in [9.17, 15) is 4.39 Å². The first-order valence-corrected chi connectivity index (χ1v) is 3.88. The monoisotopic (exact) mass is 163 g/mol. The molecule has 2 N–H and O–H groups in total. The molecule has 0 bridgehead atoms. The van der Waals surface area contributed by atoms with Gasteiger partial charge in [0.1, 0.15) is 6.17 Å². The third kappa shape index (κ3) is 2.73. The molecule has 3 nitrogen and oxygen atoms in total. The first-order valence-electron chi connectivity index (χ1n) is 3.88. The van der Waals surface area contributed by atoms with E-state index in [4.69, 9.17) is 10.6 Å². The predicted octanol–water partition coefficient (Wildman–Crippen LogP) is 0.641. The van der Waals surface area contributed by atoms with Crippen LogP contribution in [0.25, 0.3) is 0 Å². The normalized spacial score (nSPS) is 28.4. The van der Waals surface area contributed by atoms with E-state index in [0.29, 0.717) is 6.61 Å². The van der Waals surface area contributed by atoms with Crippen LogP contribution in [0.5, 0.6) is 0 Å². The predicted molar refractivity (Wildman–Crippen MR) is 38.6 cm³/mol. The van der Waals surface area contributed by atoms with Gasteiger partial charge in [0.05, 0.1) is 13.2 Å². The summed E-state index contributed by atoms with van der Waals surface area (Å²) in [6.07, 6.45) is 0.848. The van der Waals surface area contributed by atoms with Crippen LogP contribution in [0, 0.1) is 5.92 Å². The average molecular weight is 163 g/mol. The van der Waals surface area contributed by atoms with E-state index in [1.165, 1.54) is 0 Å². The first kappa shape index (κ1) is 8.90. The van der Waals surface area contributed by atoms with Gasteiger partial charge in [-0.1, -0.05) is 0 Å². The fraction of sp³-hybridized carbons (Fsp3) is 1.00. The Hall–Kier alpha value is -0.190. The van der Waals surface area contributed by atoms with Crippen LogP contribution in [-0.4, -0.2) is 26.0 Å². The van der Waals surface area contributed by atoms with Gasteiger partial charge in [0.15, 0.2) is 0 Å². The molecule has 4 heteroatoms. The Morgan fingerprint density at radius 2 is 2.55 bits per heavy atom. The Balaban J connectivity index is 2.21. The summed E-state index contributed by atoms with van der Waals surface area (Å²) in [6.45, 7) is 1.24. The zero-order valence-electron chi connectivity index (χ0n) is 6.46. The lowest BCUT2D eigenvalue weighted by atomic mass is 9.98. The molecule has 2 atom stereocenters. The van der Waals surface area contributed by atoms with Crippen molar-refractivity contribution in [1.82, 2.24) is 0 Å². The second-order valence-electron chi connectivity index (χ2n) is 2.83. The molecule has 66 valence electrons. The van der Waals surface area contributed by atoms with Gasteiger partial charge in [-0.2, -0.15) is 0 Å². The third-order valence-electron chi connectivity index (χ3n) is 1.96. The summed E-state index contributed by atoms with van der Waals surface area (Å²) in [5.74, 6) is 4.73. The van der Waals surface area contributed by atoms with E-state index in [0.717, 1.165) is 19.4 Å². The molecule has 0 aliphatic carbocycles. The van der Waals surface area contributed by atoms with Crippen LogP contribution < -0.4 is 5.90 Å². The van der Waals surface area contributed by atoms with E-state index >= 15 is 0 Å². The molecule has 1 aliphatic rings. The summed E-state index contributed by atoms with van der Waals surface area (Å²) in [5, 5.41) is 0. The second-order valence-corrected chi connectivity index (χ2v) is 2.83. The van der Waals surface area contributed by atoms with Crippen LogP contribution in [0.15, 0.2) is 0 Å². The number of hydrogen-bond donors (Lipinski definition) is 1. The molecule has 0 aromatic heterocycles. The summed E-state index contributed by atoms with van der Waals surface area (Å²) in [4.78, 5) is 4.23. The van der Waals surface area contributed by atoms with Gasteiger partial charge in [0, 0.05) is 12.5 Å². The van der Waals surface area contributed by atoms with E-state index in [1.54, 1.807) is 0 Å². The van der Waals surface area contributed by atoms with Gasteiger partial charge in [-0.05, 0) is 12.8 Å². The van der Waals surface area contributed by atoms with Crippen molar-refractivity contribution < 1.29 is 14.0 Å². The number of hydrogen-bond acceptors (Lipinski definition) is 3. The van der Waals surface area contributed by atoms with E-state index in [-0.39, 0.29) is 12.5 Å². The SMILES string of the molecule is NOCC(F)C1CCCOC1. The summed E-state index contributed by atoms with van der Waals surface area (Å²) in [7, 11) is 0. The molecule has 0 aromatic rings. The van der Waals surface area contributed by atoms with Crippen LogP contribution in [0.2, 0.25) is 0 Å². The highest BCUT2D eigenvalue weighted by molar-refractivity contribution is 4.71. The van der Waals surface area contributed by atoms with E-state index in [2.05, 4.69) is 4.84 Å². The Morgan fingerprint density at radius 3 is 3.09 bits per heavy atom. The summed E-state index contributed by atoms with van der Waals surface area (Å²) in [5.41, 5.74) is 0. The lowest BCUT2D eigenvalue weighted by molar-refractivity contribution is -0.0130. The molecule has 0 saturated carbocycles.